The minimum atomic E-state index is -1.28. The number of aromatic nitrogens is 2. The van der Waals surface area contributed by atoms with Crippen LogP contribution in [0.3, 0.4) is 0 Å². The molecule has 2 saturated carbocycles. The molecular formula is C28H24F2N2O8. The van der Waals surface area contributed by atoms with Crippen LogP contribution in [0.2, 0.25) is 0 Å². The third-order valence-corrected chi connectivity index (χ3v) is 6.95. The van der Waals surface area contributed by atoms with Crippen LogP contribution in [-0.4, -0.2) is 45.5 Å². The number of hydrogen-bond donors (Lipinski definition) is 2. The van der Waals surface area contributed by atoms with E-state index in [1.54, 1.807) is 9.13 Å². The molecule has 40 heavy (non-hydrogen) atoms. The Morgan fingerprint density at radius 2 is 1.07 bits per heavy atom. The molecule has 0 unspecified atom stereocenters. The Morgan fingerprint density at radius 3 is 1.35 bits per heavy atom. The van der Waals surface area contributed by atoms with E-state index in [0.29, 0.717) is 11.0 Å². The highest BCUT2D eigenvalue weighted by Gasteiger charge is 2.30. The highest BCUT2D eigenvalue weighted by Crippen LogP contribution is 2.41. The summed E-state index contributed by atoms with van der Waals surface area (Å²) in [5.74, 6) is -3.76. The number of carboxylic acid groups (broad SMARTS) is 2. The second-order valence-corrected chi connectivity index (χ2v) is 9.58. The number of hydrogen-bond acceptors (Lipinski definition) is 6. The monoisotopic (exact) mass is 554 g/mol. The molecule has 6 rings (SSSR count). The van der Waals surface area contributed by atoms with E-state index in [9.17, 15) is 28.0 Å². The third-order valence-electron chi connectivity index (χ3n) is 6.95. The molecule has 12 heteroatoms. The van der Waals surface area contributed by atoms with E-state index in [1.165, 1.54) is 38.7 Å². The van der Waals surface area contributed by atoms with Gasteiger partial charge in [-0.2, -0.15) is 0 Å². The number of fused-ring (bicyclic) bond motifs is 2. The average molecular weight is 555 g/mol. The summed E-state index contributed by atoms with van der Waals surface area (Å²) < 4.78 is 41.0. The smallest absolute Gasteiger partial charge is 0.341 e. The number of nitrogens with zero attached hydrogens (tertiary/aromatic N) is 2. The lowest BCUT2D eigenvalue weighted by Gasteiger charge is -2.14. The zero-order valence-electron chi connectivity index (χ0n) is 21.4. The van der Waals surface area contributed by atoms with Gasteiger partial charge in [0.25, 0.3) is 0 Å². The predicted octanol–water partition coefficient (Wildman–Crippen LogP) is 4.36. The molecule has 2 aromatic carbocycles. The number of halogens is 2. The number of carbonyl (C=O) groups is 2. The molecule has 2 aliphatic carbocycles. The highest BCUT2D eigenvalue weighted by atomic mass is 19.1. The van der Waals surface area contributed by atoms with Gasteiger partial charge in [0.1, 0.15) is 11.1 Å². The van der Waals surface area contributed by atoms with Crippen LogP contribution in [0.5, 0.6) is 11.5 Å². The Labute approximate surface area is 224 Å². The molecule has 2 fully saturated rings. The summed E-state index contributed by atoms with van der Waals surface area (Å²) in [5, 5.41) is 18.6. The molecule has 2 aliphatic rings. The first-order chi connectivity index (χ1) is 19.1. The maximum atomic E-state index is 13.8. The van der Waals surface area contributed by atoms with Gasteiger partial charge in [0.15, 0.2) is 23.1 Å². The van der Waals surface area contributed by atoms with Crippen LogP contribution in [0.25, 0.3) is 21.8 Å². The lowest BCUT2D eigenvalue weighted by Crippen LogP contribution is -2.19. The number of carboxylic acids is 2. The molecule has 0 aliphatic heterocycles. The van der Waals surface area contributed by atoms with Gasteiger partial charge in [0.05, 0.1) is 36.0 Å². The van der Waals surface area contributed by atoms with Crippen LogP contribution in [0.15, 0.2) is 46.2 Å². The van der Waals surface area contributed by atoms with Crippen molar-refractivity contribution in [1.29, 1.82) is 0 Å². The predicted molar refractivity (Wildman–Crippen MR) is 140 cm³/mol. The van der Waals surface area contributed by atoms with Crippen LogP contribution in [0.4, 0.5) is 8.78 Å². The Kier molecular flexibility index (Phi) is 6.78. The van der Waals surface area contributed by atoms with Crippen molar-refractivity contribution in [3.8, 4) is 11.5 Å². The van der Waals surface area contributed by atoms with Crippen LogP contribution in [-0.2, 0) is 0 Å². The van der Waals surface area contributed by atoms with E-state index in [1.807, 2.05) is 0 Å². The Morgan fingerprint density at radius 1 is 0.725 bits per heavy atom. The van der Waals surface area contributed by atoms with E-state index in [0.717, 1.165) is 37.8 Å². The molecule has 2 N–H and O–H groups in total. The number of aromatic carboxylic acids is 2. The number of pyridine rings is 2. The first kappa shape index (κ1) is 26.9. The molecule has 10 nitrogen and oxygen atoms in total. The van der Waals surface area contributed by atoms with Crippen LogP contribution in [0.1, 0.15) is 58.5 Å². The fourth-order valence-electron chi connectivity index (χ4n) is 4.76. The minimum Gasteiger partial charge on any atom is -0.492 e. The van der Waals surface area contributed by atoms with Crippen molar-refractivity contribution in [3.05, 3.63) is 79.9 Å². The SMILES string of the molecule is COc1c(F)ccc2c(=O)c(C(=O)O)cn(C3CC3)c12.COc1c(F)ccc2c(=O)c(C(=O)O)cn(C3CC3)c12. The molecular weight excluding hydrogens is 530 g/mol. The third kappa shape index (κ3) is 4.55. The second kappa shape index (κ2) is 10.1. The molecule has 2 heterocycles. The Balaban J connectivity index is 0.000000161. The molecule has 4 aromatic rings. The number of rotatable bonds is 6. The van der Waals surface area contributed by atoms with Gasteiger partial charge in [-0.05, 0) is 49.9 Å². The summed E-state index contributed by atoms with van der Waals surface area (Å²) in [6.07, 6.45) is 6.06. The second-order valence-electron chi connectivity index (χ2n) is 9.58. The van der Waals surface area contributed by atoms with E-state index >= 15 is 0 Å². The topological polar surface area (TPSA) is 137 Å². The quantitative estimate of drug-likeness (QED) is 0.359. The van der Waals surface area contributed by atoms with Gasteiger partial charge >= 0.3 is 11.9 Å². The fourth-order valence-corrected chi connectivity index (χ4v) is 4.76. The maximum Gasteiger partial charge on any atom is 0.341 e. The van der Waals surface area contributed by atoms with Crippen molar-refractivity contribution in [2.45, 2.75) is 37.8 Å². The van der Waals surface area contributed by atoms with Crippen molar-refractivity contribution >= 4 is 33.7 Å². The van der Waals surface area contributed by atoms with E-state index in [2.05, 4.69) is 0 Å². The largest absolute Gasteiger partial charge is 0.492 e. The Hall–Kier alpha value is -4.74. The first-order valence-corrected chi connectivity index (χ1v) is 12.4. The van der Waals surface area contributed by atoms with Crippen molar-refractivity contribution < 1.29 is 38.1 Å². The maximum absolute atomic E-state index is 13.8. The van der Waals surface area contributed by atoms with E-state index in [4.69, 9.17) is 19.7 Å². The molecule has 0 spiro atoms. The minimum absolute atomic E-state index is 0.0246. The molecule has 0 saturated heterocycles. The summed E-state index contributed by atoms with van der Waals surface area (Å²) in [6.45, 7) is 0. The summed E-state index contributed by atoms with van der Waals surface area (Å²) in [5.41, 5.74) is -1.21. The van der Waals surface area contributed by atoms with Crippen molar-refractivity contribution in [2.75, 3.05) is 14.2 Å². The van der Waals surface area contributed by atoms with Gasteiger partial charge in [-0.15, -0.1) is 0 Å². The van der Waals surface area contributed by atoms with Gasteiger partial charge < -0.3 is 28.8 Å². The van der Waals surface area contributed by atoms with Crippen molar-refractivity contribution in [1.82, 2.24) is 9.13 Å². The van der Waals surface area contributed by atoms with Crippen molar-refractivity contribution in [3.63, 3.8) is 0 Å². The molecule has 0 bridgehead atoms. The number of ether oxygens (including phenoxy) is 2. The number of benzene rings is 2. The summed E-state index contributed by atoms with van der Waals surface area (Å²) in [7, 11) is 2.65. The molecule has 2 aromatic heterocycles. The van der Waals surface area contributed by atoms with Gasteiger partial charge in [0.2, 0.25) is 10.9 Å². The first-order valence-electron chi connectivity index (χ1n) is 12.4. The number of methoxy groups -OCH3 is 2. The molecule has 0 radical (unpaired) electrons. The van der Waals surface area contributed by atoms with Crippen LogP contribution < -0.4 is 20.3 Å². The average Bonchev–Trinajstić information content (AvgIpc) is 3.83. The van der Waals surface area contributed by atoms with Gasteiger partial charge in [-0.3, -0.25) is 9.59 Å². The Bertz CT molecular complexity index is 1690. The van der Waals surface area contributed by atoms with Crippen molar-refractivity contribution in [2.24, 2.45) is 0 Å². The lowest BCUT2D eigenvalue weighted by molar-refractivity contribution is 0.0684. The zero-order chi connectivity index (χ0) is 28.9. The molecule has 208 valence electrons. The normalized spacial score (nSPS) is 14.5. The standard InChI is InChI=1S/2C14H12FNO4/c2*1-20-13-10(15)5-4-8-11(13)16(7-2-3-7)6-9(12(8)17)14(18)19/h2*4-7H,2-3H2,1H3,(H,18,19). The molecule has 0 atom stereocenters. The fraction of sp³-hybridized carbons (Fsp3) is 0.286. The zero-order valence-corrected chi connectivity index (χ0v) is 21.4. The summed E-state index contributed by atoms with van der Waals surface area (Å²) in [6, 6.07) is 5.03. The highest BCUT2D eigenvalue weighted by molar-refractivity contribution is 5.95. The summed E-state index contributed by atoms with van der Waals surface area (Å²) in [4.78, 5) is 46.7. The summed E-state index contributed by atoms with van der Waals surface area (Å²) >= 11 is 0. The van der Waals surface area contributed by atoms with Crippen LogP contribution >= 0.6 is 0 Å². The van der Waals surface area contributed by atoms with E-state index < -0.39 is 34.4 Å². The van der Waals surface area contributed by atoms with Gasteiger partial charge in [-0.1, -0.05) is 0 Å². The van der Waals surface area contributed by atoms with E-state index in [-0.39, 0.29) is 45.5 Å². The van der Waals surface area contributed by atoms with Crippen LogP contribution in [0, 0.1) is 11.6 Å². The lowest BCUT2D eigenvalue weighted by atomic mass is 10.1. The van der Waals surface area contributed by atoms with Gasteiger partial charge in [-0.25, -0.2) is 18.4 Å². The molecule has 0 amide bonds. The van der Waals surface area contributed by atoms with Gasteiger partial charge in [0, 0.05) is 24.5 Å².